The molecule has 1 fully saturated rings. The van der Waals surface area contributed by atoms with Crippen LogP contribution in [0.25, 0.3) is 0 Å². The molecule has 0 atom stereocenters. The predicted octanol–water partition coefficient (Wildman–Crippen LogP) is 3.75. The lowest BCUT2D eigenvalue weighted by Gasteiger charge is -2.22. The number of benzene rings is 2. The van der Waals surface area contributed by atoms with Gasteiger partial charge in [-0.3, -0.25) is 4.57 Å². The Morgan fingerprint density at radius 2 is 1.39 bits per heavy atom. The molecule has 0 N–H and O–H groups in total. The van der Waals surface area contributed by atoms with E-state index < -0.39 is 14.7 Å². The van der Waals surface area contributed by atoms with Crippen molar-refractivity contribution in [2.45, 2.75) is 0 Å². The lowest BCUT2D eigenvalue weighted by atomic mass is 10.4. The van der Waals surface area contributed by atoms with Crippen LogP contribution in [-0.4, -0.2) is 19.4 Å². The Labute approximate surface area is 136 Å². The third kappa shape index (κ3) is 3.27. The number of rotatable bonds is 5. The van der Waals surface area contributed by atoms with E-state index in [4.69, 9.17) is 9.05 Å². The molecule has 1 saturated heterocycles. The van der Waals surface area contributed by atoms with Crippen molar-refractivity contribution in [2.75, 3.05) is 19.4 Å². The maximum atomic E-state index is 13.8. The van der Waals surface area contributed by atoms with Gasteiger partial charge in [0.1, 0.15) is 7.14 Å². The van der Waals surface area contributed by atoms with Crippen molar-refractivity contribution >= 4 is 25.3 Å². The highest BCUT2D eigenvalue weighted by atomic mass is 31.2. The summed E-state index contributed by atoms with van der Waals surface area (Å²) in [5.41, 5.74) is 0. The van der Waals surface area contributed by atoms with Gasteiger partial charge in [0.25, 0.3) is 0 Å². The van der Waals surface area contributed by atoms with E-state index in [2.05, 4.69) is 6.58 Å². The monoisotopic (exact) mass is 348 g/mol. The van der Waals surface area contributed by atoms with Gasteiger partial charge in [-0.05, 0) is 0 Å². The second kappa shape index (κ2) is 6.59. The first kappa shape index (κ1) is 16.4. The van der Waals surface area contributed by atoms with E-state index in [0.717, 1.165) is 0 Å². The Bertz CT molecular complexity index is 733. The fraction of sp³-hybridized carbons (Fsp3) is 0.176. The van der Waals surface area contributed by atoms with Crippen LogP contribution < -0.4 is 10.6 Å². The average Bonchev–Trinajstić information content (AvgIpc) is 3.04. The molecule has 0 amide bonds. The standard InChI is InChI=1S/C17H18O4P2/c1-15(23(19)20-12-13-21-23)14-22(18,16-8-4-2-5-9-16)17-10-6-3-7-11-17/h2-11H,1,12-14H2. The summed E-state index contributed by atoms with van der Waals surface area (Å²) in [6.45, 7) is 4.41. The second-order valence-corrected chi connectivity index (χ2v) is 10.3. The number of hydrogen-bond acceptors (Lipinski definition) is 4. The molecule has 3 rings (SSSR count). The van der Waals surface area contributed by atoms with E-state index in [-0.39, 0.29) is 24.7 Å². The first-order valence-corrected chi connectivity index (χ1v) is 10.8. The molecule has 2 aromatic carbocycles. The topological polar surface area (TPSA) is 52.6 Å². The Kier molecular flexibility index (Phi) is 4.70. The quantitative estimate of drug-likeness (QED) is 0.772. The van der Waals surface area contributed by atoms with Crippen molar-refractivity contribution in [3.05, 3.63) is 72.6 Å². The molecule has 1 heterocycles. The Morgan fingerprint density at radius 1 is 0.957 bits per heavy atom. The van der Waals surface area contributed by atoms with Crippen LogP contribution in [0.5, 0.6) is 0 Å². The van der Waals surface area contributed by atoms with Crippen molar-refractivity contribution in [1.82, 2.24) is 0 Å². The van der Waals surface area contributed by atoms with E-state index in [0.29, 0.717) is 10.6 Å². The van der Waals surface area contributed by atoms with Gasteiger partial charge in [0.15, 0.2) is 0 Å². The molecular formula is C17H18O4P2. The average molecular weight is 348 g/mol. The van der Waals surface area contributed by atoms with Crippen LogP contribution in [-0.2, 0) is 18.2 Å². The molecule has 0 aliphatic carbocycles. The second-order valence-electron chi connectivity index (χ2n) is 5.30. The minimum Gasteiger partial charge on any atom is -0.313 e. The molecule has 23 heavy (non-hydrogen) atoms. The van der Waals surface area contributed by atoms with Crippen molar-refractivity contribution in [3.8, 4) is 0 Å². The van der Waals surface area contributed by atoms with E-state index in [1.54, 1.807) is 0 Å². The van der Waals surface area contributed by atoms with Crippen LogP contribution in [0.3, 0.4) is 0 Å². The molecule has 0 spiro atoms. The van der Waals surface area contributed by atoms with Gasteiger partial charge in [-0.2, -0.15) is 0 Å². The molecule has 0 saturated carbocycles. The van der Waals surface area contributed by atoms with Gasteiger partial charge in [0.2, 0.25) is 0 Å². The molecule has 2 aromatic rings. The molecule has 1 aliphatic rings. The first-order chi connectivity index (χ1) is 11.0. The molecule has 0 radical (unpaired) electrons. The summed E-state index contributed by atoms with van der Waals surface area (Å²) in [5, 5.41) is 1.68. The van der Waals surface area contributed by atoms with Gasteiger partial charge >= 0.3 is 7.60 Å². The van der Waals surface area contributed by atoms with Crippen LogP contribution >= 0.6 is 14.7 Å². The van der Waals surface area contributed by atoms with Gasteiger partial charge in [-0.15, -0.1) is 0 Å². The lowest BCUT2D eigenvalue weighted by Crippen LogP contribution is -2.19. The van der Waals surface area contributed by atoms with Crippen LogP contribution in [0.1, 0.15) is 0 Å². The summed E-state index contributed by atoms with van der Waals surface area (Å²) in [7, 11) is -6.37. The van der Waals surface area contributed by atoms with Crippen molar-refractivity contribution in [3.63, 3.8) is 0 Å². The Balaban J connectivity index is 2.02. The Morgan fingerprint density at radius 3 is 1.83 bits per heavy atom. The molecule has 120 valence electrons. The maximum absolute atomic E-state index is 13.8. The fourth-order valence-electron chi connectivity index (χ4n) is 2.55. The van der Waals surface area contributed by atoms with Gasteiger partial charge < -0.3 is 13.6 Å². The largest absolute Gasteiger partial charge is 0.357 e. The minimum atomic E-state index is -3.37. The van der Waals surface area contributed by atoms with E-state index in [1.165, 1.54) is 0 Å². The van der Waals surface area contributed by atoms with Crippen LogP contribution in [0.4, 0.5) is 0 Å². The van der Waals surface area contributed by atoms with Crippen molar-refractivity contribution < 1.29 is 18.2 Å². The SMILES string of the molecule is C=C(CP(=O)(c1ccccc1)c1ccccc1)P1(=O)OCCO1. The summed E-state index contributed by atoms with van der Waals surface area (Å²) < 4.78 is 36.9. The predicted molar refractivity (Wildman–Crippen MR) is 93.3 cm³/mol. The van der Waals surface area contributed by atoms with E-state index >= 15 is 0 Å². The summed E-state index contributed by atoms with van der Waals surface area (Å²) in [6, 6.07) is 18.4. The van der Waals surface area contributed by atoms with E-state index in [9.17, 15) is 9.13 Å². The van der Waals surface area contributed by atoms with Crippen LogP contribution in [0, 0.1) is 0 Å². The summed E-state index contributed by atoms with van der Waals surface area (Å²) in [4.78, 5) is 0. The Hall–Kier alpha value is -1.44. The fourth-order valence-corrected chi connectivity index (χ4v) is 7.39. The number of hydrogen-bond donors (Lipinski definition) is 0. The van der Waals surface area contributed by atoms with Crippen molar-refractivity contribution in [2.24, 2.45) is 0 Å². The zero-order valence-corrected chi connectivity index (χ0v) is 14.4. The third-order valence-corrected chi connectivity index (χ3v) is 9.06. The smallest absolute Gasteiger partial charge is 0.313 e. The summed E-state index contributed by atoms with van der Waals surface area (Å²) in [6.07, 6.45) is 0.0678. The molecule has 1 aliphatic heterocycles. The molecular weight excluding hydrogens is 330 g/mol. The molecule has 0 unspecified atom stereocenters. The zero-order valence-electron chi connectivity index (χ0n) is 12.6. The first-order valence-electron chi connectivity index (χ1n) is 7.32. The summed E-state index contributed by atoms with van der Waals surface area (Å²) in [5.74, 6) is 0. The summed E-state index contributed by atoms with van der Waals surface area (Å²) >= 11 is 0. The van der Waals surface area contributed by atoms with Gasteiger partial charge in [-0.1, -0.05) is 67.2 Å². The van der Waals surface area contributed by atoms with Gasteiger partial charge in [0, 0.05) is 22.1 Å². The van der Waals surface area contributed by atoms with Crippen LogP contribution in [0.15, 0.2) is 72.6 Å². The molecule has 6 heteroatoms. The molecule has 0 bridgehead atoms. The van der Waals surface area contributed by atoms with E-state index in [1.807, 2.05) is 60.7 Å². The highest BCUT2D eigenvalue weighted by Crippen LogP contribution is 2.62. The highest BCUT2D eigenvalue weighted by Gasteiger charge is 2.39. The normalized spacial score (nSPS) is 17.0. The van der Waals surface area contributed by atoms with Gasteiger partial charge in [-0.25, -0.2) is 0 Å². The molecule has 4 nitrogen and oxygen atoms in total. The highest BCUT2D eigenvalue weighted by molar-refractivity contribution is 7.79. The van der Waals surface area contributed by atoms with Crippen LogP contribution in [0.2, 0.25) is 0 Å². The lowest BCUT2D eigenvalue weighted by molar-refractivity contribution is 0.360. The van der Waals surface area contributed by atoms with Gasteiger partial charge in [0.05, 0.1) is 13.2 Å². The van der Waals surface area contributed by atoms with Crippen molar-refractivity contribution in [1.29, 1.82) is 0 Å². The zero-order chi connectivity index (χ0) is 16.3. The molecule has 0 aromatic heterocycles. The third-order valence-electron chi connectivity index (χ3n) is 3.74. The number of allylic oxidation sites excluding steroid dienone is 1. The maximum Gasteiger partial charge on any atom is 0.357 e. The minimum absolute atomic E-state index is 0.0678.